The van der Waals surface area contributed by atoms with E-state index in [0.717, 1.165) is 102 Å². The Balaban J connectivity index is 0.000000137. The van der Waals surface area contributed by atoms with Crippen LogP contribution in [0.4, 0.5) is 11.4 Å². The Morgan fingerprint density at radius 3 is 1.63 bits per heavy atom. The number of nitro groups is 1. The highest BCUT2D eigenvalue weighted by atomic mass is 16.6. The Kier molecular flexibility index (Phi) is 18.8. The van der Waals surface area contributed by atoms with E-state index in [2.05, 4.69) is 34.5 Å². The van der Waals surface area contributed by atoms with Crippen molar-refractivity contribution in [3.63, 3.8) is 0 Å². The number of likely N-dealkylation sites (tertiary alicyclic amines) is 2. The lowest BCUT2D eigenvalue weighted by atomic mass is 9.92. The summed E-state index contributed by atoms with van der Waals surface area (Å²) in [5, 5.41) is 19.2. The first-order valence-electron chi connectivity index (χ1n) is 26.7. The SMILES string of the molecule is CCOc1ccc(NC(=O)C2CCCN(C)C2)cc1.CCOc1ccc(NC(=O)C2CCCN(C)C2)cc1.Cn1c2ccccc2c2ccc3c(c21)C(=O)C=CC3=O.O=C(c1ccccc1)C1C(c2ccccc2)C1[N+](=O)[O-]. The lowest BCUT2D eigenvalue weighted by molar-refractivity contribution is -0.498. The summed E-state index contributed by atoms with van der Waals surface area (Å²) in [5.74, 6) is 0.913. The van der Waals surface area contributed by atoms with Gasteiger partial charge in [-0.05, 0) is 145 Å². The molecule has 2 aliphatic carbocycles. The zero-order valence-corrected chi connectivity index (χ0v) is 44.9. The molecule has 1 saturated carbocycles. The predicted molar refractivity (Wildman–Crippen MR) is 305 cm³/mol. The van der Waals surface area contributed by atoms with Crippen LogP contribution in [0, 0.1) is 27.9 Å². The normalized spacial score (nSPS) is 19.6. The number of ketones is 3. The Bertz CT molecular complexity index is 3190. The standard InChI is InChI=1S/C17H11NO2.C16H13NO3.2C15H22N2O2/c1-18-13-5-3-2-4-10(13)11-6-7-12-14(19)8-9-15(20)16(12)17(11)18;18-16(12-9-5-2-6-10-12)14-13(15(14)17(19)20)11-7-3-1-4-8-11;2*1-3-19-14-8-6-13(7-9-14)16-15(18)12-5-4-10-17(2)11-12/h2-9H,1H3;1-10,13-15H;2*6-9,12H,3-5,10-11H2,1-2H3,(H,16,18). The molecule has 15 heteroatoms. The zero-order chi connectivity index (χ0) is 55.3. The average molecular weight is 1050 g/mol. The van der Waals surface area contributed by atoms with Gasteiger partial charge in [0.25, 0.3) is 0 Å². The number of benzene rings is 6. The first kappa shape index (κ1) is 55.9. The molecular weight excluding hydrogens is 985 g/mol. The average Bonchev–Trinajstić information content (AvgIpc) is 4.24. The summed E-state index contributed by atoms with van der Waals surface area (Å²) >= 11 is 0. The van der Waals surface area contributed by atoms with Gasteiger partial charge in [0.1, 0.15) is 17.4 Å². The molecular formula is C63H68N6O9. The molecule has 15 nitrogen and oxygen atoms in total. The number of nitrogens with one attached hydrogen (secondary N) is 2. The highest BCUT2D eigenvalue weighted by Gasteiger charge is 2.64. The first-order valence-corrected chi connectivity index (χ1v) is 26.7. The molecule has 4 aliphatic rings. The molecule has 2 aliphatic heterocycles. The number of fused-ring (bicyclic) bond motifs is 5. The Labute approximate surface area is 455 Å². The maximum atomic E-state index is 12.4. The van der Waals surface area contributed by atoms with Gasteiger partial charge >= 0.3 is 0 Å². The molecule has 5 unspecified atom stereocenters. The Morgan fingerprint density at radius 2 is 1.12 bits per heavy atom. The van der Waals surface area contributed by atoms with Crippen molar-refractivity contribution in [3.05, 3.63) is 190 Å². The van der Waals surface area contributed by atoms with E-state index in [-0.39, 0.29) is 51.8 Å². The highest BCUT2D eigenvalue weighted by Crippen LogP contribution is 2.51. The van der Waals surface area contributed by atoms with Crippen molar-refractivity contribution in [2.45, 2.75) is 51.5 Å². The van der Waals surface area contributed by atoms with Gasteiger partial charge in [0, 0.05) is 63.9 Å². The minimum Gasteiger partial charge on any atom is -0.494 e. The van der Waals surface area contributed by atoms with Crippen LogP contribution in [0.2, 0.25) is 0 Å². The van der Waals surface area contributed by atoms with Crippen LogP contribution in [0.1, 0.15) is 82.1 Å². The Morgan fingerprint density at radius 1 is 0.615 bits per heavy atom. The van der Waals surface area contributed by atoms with Gasteiger partial charge in [0.05, 0.1) is 42.0 Å². The maximum absolute atomic E-state index is 12.4. The van der Waals surface area contributed by atoms with Crippen molar-refractivity contribution in [2.75, 3.05) is 64.1 Å². The monoisotopic (exact) mass is 1050 g/mol. The van der Waals surface area contributed by atoms with Crippen LogP contribution in [0.5, 0.6) is 11.5 Å². The number of piperidine rings is 2. The summed E-state index contributed by atoms with van der Waals surface area (Å²) in [7, 11) is 6.06. The van der Waals surface area contributed by atoms with Crippen molar-refractivity contribution in [1.29, 1.82) is 0 Å². The van der Waals surface area contributed by atoms with E-state index in [1.807, 2.05) is 141 Å². The molecule has 6 aromatic carbocycles. The summed E-state index contributed by atoms with van der Waals surface area (Å²) in [4.78, 5) is 76.1. The van der Waals surface area contributed by atoms with Gasteiger partial charge in [0.2, 0.25) is 17.9 Å². The summed E-state index contributed by atoms with van der Waals surface area (Å²) in [6.07, 6.45) is 6.86. The second-order valence-corrected chi connectivity index (χ2v) is 20.1. The van der Waals surface area contributed by atoms with E-state index in [1.54, 1.807) is 30.3 Å². The van der Waals surface area contributed by atoms with Crippen LogP contribution in [0.25, 0.3) is 21.8 Å². The number of rotatable bonds is 12. The molecule has 5 atom stereocenters. The number of nitrogens with zero attached hydrogens (tertiary/aromatic N) is 4. The number of hydrogen-bond donors (Lipinski definition) is 2. The number of hydrogen-bond acceptors (Lipinski definition) is 11. The molecule has 0 bridgehead atoms. The number of Topliss-reactive ketones (excluding diaryl/α,β-unsaturated/α-hetero) is 1. The number of anilines is 2. The van der Waals surface area contributed by atoms with Gasteiger partial charge in [-0.2, -0.15) is 0 Å². The van der Waals surface area contributed by atoms with Crippen LogP contribution < -0.4 is 20.1 Å². The summed E-state index contributed by atoms with van der Waals surface area (Å²) < 4.78 is 12.7. The number of ether oxygens (including phenoxy) is 2. The van der Waals surface area contributed by atoms with E-state index in [0.29, 0.717) is 29.9 Å². The number of aryl methyl sites for hydroxylation is 1. The van der Waals surface area contributed by atoms with Crippen molar-refractivity contribution >= 4 is 62.3 Å². The quantitative estimate of drug-likeness (QED) is 0.0675. The third kappa shape index (κ3) is 13.6. The van der Waals surface area contributed by atoms with Gasteiger partial charge in [-0.15, -0.1) is 0 Å². The lowest BCUT2D eigenvalue weighted by Gasteiger charge is -2.28. The minimum atomic E-state index is -0.801. The number of carbonyl (C=O) groups excluding carboxylic acids is 5. The van der Waals surface area contributed by atoms with E-state index >= 15 is 0 Å². The molecule has 404 valence electrons. The van der Waals surface area contributed by atoms with Crippen LogP contribution in [-0.4, -0.2) is 108 Å². The molecule has 78 heavy (non-hydrogen) atoms. The topological polar surface area (TPSA) is 182 Å². The van der Waals surface area contributed by atoms with Crippen molar-refractivity contribution < 1.29 is 38.4 Å². The number of aromatic nitrogens is 1. The molecule has 11 rings (SSSR count). The molecule has 3 heterocycles. The minimum absolute atomic E-state index is 0.101. The molecule has 1 aromatic heterocycles. The van der Waals surface area contributed by atoms with Gasteiger partial charge in [0.15, 0.2) is 17.3 Å². The van der Waals surface area contributed by atoms with E-state index in [1.165, 1.54) is 12.2 Å². The fourth-order valence-corrected chi connectivity index (χ4v) is 10.7. The van der Waals surface area contributed by atoms with Crippen LogP contribution in [-0.2, 0) is 16.6 Å². The first-order chi connectivity index (χ1) is 37.8. The van der Waals surface area contributed by atoms with Crippen LogP contribution >= 0.6 is 0 Å². The molecule has 2 N–H and O–H groups in total. The highest BCUT2D eigenvalue weighted by molar-refractivity contribution is 6.28. The second-order valence-electron chi connectivity index (χ2n) is 20.1. The van der Waals surface area contributed by atoms with Crippen LogP contribution in [0.15, 0.2) is 158 Å². The molecule has 0 radical (unpaired) electrons. The number of para-hydroxylation sites is 1. The van der Waals surface area contributed by atoms with E-state index in [4.69, 9.17) is 9.47 Å². The van der Waals surface area contributed by atoms with Gasteiger partial charge < -0.3 is 34.5 Å². The van der Waals surface area contributed by atoms with Crippen molar-refractivity contribution in [1.82, 2.24) is 14.4 Å². The zero-order valence-electron chi connectivity index (χ0n) is 44.9. The van der Waals surface area contributed by atoms with E-state index in [9.17, 15) is 34.1 Å². The molecule has 2 saturated heterocycles. The largest absolute Gasteiger partial charge is 0.494 e. The number of carbonyl (C=O) groups is 5. The fourth-order valence-electron chi connectivity index (χ4n) is 10.7. The summed E-state index contributed by atoms with van der Waals surface area (Å²) in [5.41, 5.74) is 6.00. The van der Waals surface area contributed by atoms with Crippen LogP contribution in [0.3, 0.4) is 0 Å². The van der Waals surface area contributed by atoms with Gasteiger partial charge in [-0.3, -0.25) is 34.1 Å². The number of amides is 2. The second kappa shape index (κ2) is 26.2. The third-order valence-electron chi connectivity index (χ3n) is 14.6. The lowest BCUT2D eigenvalue weighted by Crippen LogP contribution is -2.38. The smallest absolute Gasteiger partial charge is 0.231 e. The number of allylic oxidation sites excluding steroid dienone is 2. The molecule has 3 fully saturated rings. The third-order valence-corrected chi connectivity index (χ3v) is 14.6. The summed E-state index contributed by atoms with van der Waals surface area (Å²) in [6, 6.07) is 44.0. The van der Waals surface area contributed by atoms with Gasteiger partial charge in [-0.1, -0.05) is 84.9 Å². The fraction of sp³-hybridized carbons (Fsp3) is 0.317. The molecule has 0 spiro atoms. The summed E-state index contributed by atoms with van der Waals surface area (Å²) in [6.45, 7) is 9.09. The molecule has 2 amide bonds. The molecule has 7 aromatic rings. The Hall–Kier alpha value is -8.27. The maximum Gasteiger partial charge on any atom is 0.231 e. The van der Waals surface area contributed by atoms with Gasteiger partial charge in [-0.25, -0.2) is 0 Å². The predicted octanol–water partition coefficient (Wildman–Crippen LogP) is 10.9. The van der Waals surface area contributed by atoms with Crippen molar-refractivity contribution in [2.24, 2.45) is 24.8 Å². The van der Waals surface area contributed by atoms with Crippen molar-refractivity contribution in [3.8, 4) is 11.5 Å². The van der Waals surface area contributed by atoms with E-state index < -0.39 is 12.0 Å².